The van der Waals surface area contributed by atoms with Gasteiger partial charge in [0.1, 0.15) is 0 Å². The van der Waals surface area contributed by atoms with Crippen molar-refractivity contribution in [2.45, 2.75) is 31.7 Å². The molecule has 1 saturated carbocycles. The van der Waals surface area contributed by atoms with Gasteiger partial charge in [0.05, 0.1) is 27.4 Å². The van der Waals surface area contributed by atoms with E-state index in [0.717, 1.165) is 25.3 Å². The smallest absolute Gasteiger partial charge is 0.262 e. The number of hydrogen-bond acceptors (Lipinski definition) is 5. The van der Waals surface area contributed by atoms with E-state index in [2.05, 4.69) is 10.3 Å². The number of carbonyl (C=O) groups excluding carboxylic acids is 3. The molecule has 1 aromatic heterocycles. The first-order valence-electron chi connectivity index (χ1n) is 10.9. The Hall–Kier alpha value is -3.10. The number of aromatic nitrogens is 1. The van der Waals surface area contributed by atoms with Gasteiger partial charge in [0.15, 0.2) is 0 Å². The number of nitrogens with two attached hydrogens (primary N) is 1. The molecule has 0 bridgehead atoms. The molecule has 33 heavy (non-hydrogen) atoms. The highest BCUT2D eigenvalue weighted by atomic mass is 35.5. The van der Waals surface area contributed by atoms with E-state index in [9.17, 15) is 18.8 Å². The highest BCUT2D eigenvalue weighted by Crippen LogP contribution is 2.39. The second kappa shape index (κ2) is 9.80. The molecule has 0 unspecified atom stereocenters. The zero-order valence-corrected chi connectivity index (χ0v) is 18.6. The first-order chi connectivity index (χ1) is 15.9. The Kier molecular flexibility index (Phi) is 6.85. The second-order valence-electron chi connectivity index (χ2n) is 8.26. The summed E-state index contributed by atoms with van der Waals surface area (Å²) >= 11 is 6.34. The van der Waals surface area contributed by atoms with Crippen LogP contribution in [-0.2, 0) is 4.79 Å². The summed E-state index contributed by atoms with van der Waals surface area (Å²) in [4.78, 5) is 43.8. The third kappa shape index (κ3) is 4.67. The molecule has 2 heterocycles. The summed E-state index contributed by atoms with van der Waals surface area (Å²) in [5.41, 5.74) is 6.77. The third-order valence-electron chi connectivity index (χ3n) is 6.16. The first-order valence-corrected chi connectivity index (χ1v) is 11.2. The molecule has 4 rings (SSSR count). The van der Waals surface area contributed by atoms with E-state index < -0.39 is 11.7 Å². The minimum Gasteiger partial charge on any atom is -0.352 e. The molecule has 0 saturated heterocycles. The Balaban J connectivity index is 1.53. The van der Waals surface area contributed by atoms with E-state index in [1.165, 1.54) is 18.3 Å². The number of fused-ring (bicyclic) bond motifs is 1. The lowest BCUT2D eigenvalue weighted by atomic mass is 9.82. The predicted octanol–water partition coefficient (Wildman–Crippen LogP) is 3.28. The Morgan fingerprint density at radius 1 is 1.27 bits per heavy atom. The van der Waals surface area contributed by atoms with Gasteiger partial charge in [-0.2, -0.15) is 4.39 Å². The van der Waals surface area contributed by atoms with Gasteiger partial charge in [0, 0.05) is 25.3 Å². The van der Waals surface area contributed by atoms with Crippen molar-refractivity contribution < 1.29 is 18.8 Å². The first kappa shape index (κ1) is 23.1. The van der Waals surface area contributed by atoms with Crippen molar-refractivity contribution in [3.05, 3.63) is 70.3 Å². The van der Waals surface area contributed by atoms with Gasteiger partial charge in [-0.3, -0.25) is 14.4 Å². The lowest BCUT2D eigenvalue weighted by molar-refractivity contribution is -0.115. The van der Waals surface area contributed by atoms with Crippen molar-refractivity contribution >= 4 is 34.9 Å². The molecule has 1 fully saturated rings. The Labute approximate surface area is 195 Å². The summed E-state index contributed by atoms with van der Waals surface area (Å²) in [7, 11) is 0. The molecular formula is C24H24ClFN4O3. The van der Waals surface area contributed by atoms with Crippen molar-refractivity contribution in [2.24, 2.45) is 11.7 Å². The van der Waals surface area contributed by atoms with Crippen molar-refractivity contribution in [3.63, 3.8) is 0 Å². The quantitative estimate of drug-likeness (QED) is 0.396. The summed E-state index contributed by atoms with van der Waals surface area (Å²) in [6, 6.07) is 7.48. The van der Waals surface area contributed by atoms with E-state index in [4.69, 9.17) is 17.3 Å². The number of benzene rings is 1. The molecule has 1 aliphatic carbocycles. The van der Waals surface area contributed by atoms with Crippen molar-refractivity contribution in [2.75, 3.05) is 18.0 Å². The van der Waals surface area contributed by atoms with Gasteiger partial charge in [-0.15, -0.1) is 0 Å². The fourth-order valence-corrected chi connectivity index (χ4v) is 4.86. The molecular weight excluding hydrogens is 447 g/mol. The van der Waals surface area contributed by atoms with Crippen LogP contribution in [0.15, 0.2) is 48.2 Å². The molecule has 1 aromatic carbocycles. The minimum absolute atomic E-state index is 0.0392. The summed E-state index contributed by atoms with van der Waals surface area (Å²) < 4.78 is 13.0. The molecule has 2 atom stereocenters. The highest BCUT2D eigenvalue weighted by molar-refractivity contribution is 6.41. The number of Topliss-reactive ketones (excluding diaryl/α,β-unsaturated/α-hetero) is 1. The van der Waals surface area contributed by atoms with Crippen LogP contribution in [0.1, 0.15) is 46.4 Å². The molecule has 2 aliphatic rings. The molecule has 172 valence electrons. The zero-order chi connectivity index (χ0) is 23.5. The van der Waals surface area contributed by atoms with E-state index in [1.54, 1.807) is 23.1 Å². The number of amides is 2. The van der Waals surface area contributed by atoms with Gasteiger partial charge in [-0.1, -0.05) is 30.2 Å². The average Bonchev–Trinajstić information content (AvgIpc) is 2.81. The molecule has 7 nitrogen and oxygen atoms in total. The minimum atomic E-state index is -0.644. The fourth-order valence-electron chi connectivity index (χ4n) is 4.60. The monoisotopic (exact) mass is 470 g/mol. The van der Waals surface area contributed by atoms with Crippen molar-refractivity contribution in [1.29, 1.82) is 0 Å². The van der Waals surface area contributed by atoms with Crippen molar-refractivity contribution in [3.8, 4) is 0 Å². The van der Waals surface area contributed by atoms with E-state index in [1.807, 2.05) is 0 Å². The van der Waals surface area contributed by atoms with Gasteiger partial charge < -0.3 is 16.0 Å². The molecule has 3 N–H and O–H groups in total. The maximum Gasteiger partial charge on any atom is 0.262 e. The lowest BCUT2D eigenvalue weighted by Gasteiger charge is -2.40. The highest BCUT2D eigenvalue weighted by Gasteiger charge is 2.40. The number of ketones is 1. The number of nitrogens with zero attached hydrogens (tertiary/aromatic N) is 2. The van der Waals surface area contributed by atoms with Crippen LogP contribution in [0.5, 0.6) is 0 Å². The number of carbonyl (C=O) groups is 3. The van der Waals surface area contributed by atoms with Gasteiger partial charge in [-0.05, 0) is 49.4 Å². The van der Waals surface area contributed by atoms with Crippen LogP contribution in [0.4, 0.5) is 10.1 Å². The Morgan fingerprint density at radius 2 is 2.09 bits per heavy atom. The van der Waals surface area contributed by atoms with Gasteiger partial charge in [0.25, 0.3) is 11.8 Å². The van der Waals surface area contributed by atoms with Crippen LogP contribution in [0.2, 0.25) is 5.02 Å². The summed E-state index contributed by atoms with van der Waals surface area (Å²) in [5.74, 6) is -1.61. The van der Waals surface area contributed by atoms with Crippen LogP contribution in [0, 0.1) is 11.9 Å². The van der Waals surface area contributed by atoms with Crippen LogP contribution in [0.25, 0.3) is 0 Å². The van der Waals surface area contributed by atoms with E-state index in [0.29, 0.717) is 29.2 Å². The maximum atomic E-state index is 13.3. The number of nitrogens with one attached hydrogen (secondary N) is 1. The molecule has 0 spiro atoms. The number of hydrogen-bond donors (Lipinski definition) is 2. The topological polar surface area (TPSA) is 105 Å². The van der Waals surface area contributed by atoms with Gasteiger partial charge in [-0.25, -0.2) is 4.98 Å². The summed E-state index contributed by atoms with van der Waals surface area (Å²) in [6.45, 7) is 0.486. The lowest BCUT2D eigenvalue weighted by Crippen LogP contribution is -2.49. The Bertz CT molecular complexity index is 1120. The molecule has 2 amide bonds. The van der Waals surface area contributed by atoms with E-state index in [-0.39, 0.29) is 41.5 Å². The van der Waals surface area contributed by atoms with Crippen LogP contribution in [0.3, 0.4) is 0 Å². The van der Waals surface area contributed by atoms with Crippen molar-refractivity contribution in [1.82, 2.24) is 10.3 Å². The second-order valence-corrected chi connectivity index (χ2v) is 8.67. The molecule has 1 aliphatic heterocycles. The normalized spacial score (nSPS) is 21.8. The molecule has 0 radical (unpaired) electrons. The van der Waals surface area contributed by atoms with Gasteiger partial charge >= 0.3 is 0 Å². The van der Waals surface area contributed by atoms with Gasteiger partial charge in [0.2, 0.25) is 11.7 Å². The standard InChI is InChI=1S/C24H24ClFN4O3/c25-18-5-2-6-19-21(18)22(31)17(9-10-27)24(33)30(19)16-4-1-3-14(11-16)12-29-23(32)15-7-8-20(26)28-13-15/h2,5-9,13-14,16H,1,3-4,10-12,27H2,(H,29,32)/t14-,16+/m1/s1. The van der Waals surface area contributed by atoms with Crippen LogP contribution in [-0.4, -0.2) is 41.7 Å². The predicted molar refractivity (Wildman–Crippen MR) is 123 cm³/mol. The maximum absolute atomic E-state index is 13.3. The van der Waals surface area contributed by atoms with Crippen LogP contribution >= 0.6 is 11.6 Å². The zero-order valence-electron chi connectivity index (χ0n) is 17.9. The molecule has 2 aromatic rings. The average molecular weight is 471 g/mol. The number of pyridine rings is 1. The Morgan fingerprint density at radius 3 is 2.82 bits per heavy atom. The van der Waals surface area contributed by atoms with E-state index >= 15 is 0 Å². The largest absolute Gasteiger partial charge is 0.352 e. The SMILES string of the molecule is NCC=C1C(=O)c2c(Cl)cccc2N([C@H]2CCC[C@@H](CNC(=O)c3ccc(F)nc3)C2)C1=O. The van der Waals surface area contributed by atoms with Crippen LogP contribution < -0.4 is 16.0 Å². The fraction of sp³-hybridized carbons (Fsp3) is 0.333. The summed E-state index contributed by atoms with van der Waals surface area (Å²) in [5, 5.41) is 3.18. The summed E-state index contributed by atoms with van der Waals surface area (Å²) in [6.07, 6.45) is 5.84. The molecule has 9 heteroatoms. The number of rotatable bonds is 5. The number of anilines is 1. The third-order valence-corrected chi connectivity index (χ3v) is 6.47. The number of halogens is 2.